The number of aliphatic hydroxyl groups excluding tert-OH is 2. The van der Waals surface area contributed by atoms with Crippen molar-refractivity contribution in [2.24, 2.45) is 0 Å². The normalized spacial score (nSPS) is 11.8. The molecule has 0 saturated carbocycles. The first kappa shape index (κ1) is 14.5. The van der Waals surface area contributed by atoms with E-state index in [1.165, 1.54) is 0 Å². The minimum absolute atomic E-state index is 0.195. The molecular weight excluding hydrogens is 260 g/mol. The van der Waals surface area contributed by atoms with Crippen LogP contribution in [0.5, 0.6) is 0 Å². The predicted octanol–water partition coefficient (Wildman–Crippen LogP) is 0.330. The molecule has 0 amide bonds. The zero-order valence-corrected chi connectivity index (χ0v) is 11.6. The number of hydrogen-bond donors (Lipinski definition) is 5. The van der Waals surface area contributed by atoms with Crippen molar-refractivity contribution < 1.29 is 10.2 Å². The van der Waals surface area contributed by atoms with E-state index in [0.29, 0.717) is 35.8 Å². The fraction of sp³-hybridized carbons (Fsp3) is 0.583. The van der Waals surface area contributed by atoms with Crippen LogP contribution in [0.3, 0.4) is 0 Å². The molecule has 5 N–H and O–H groups in total. The number of H-pyrrole nitrogens is 1. The van der Waals surface area contributed by atoms with Crippen LogP contribution in [0.2, 0.25) is 0 Å². The smallest absolute Gasteiger partial charge is 0.226 e. The van der Waals surface area contributed by atoms with Gasteiger partial charge in [-0.15, -0.1) is 0 Å². The van der Waals surface area contributed by atoms with Crippen LogP contribution in [-0.2, 0) is 0 Å². The second-order valence-corrected chi connectivity index (χ2v) is 4.63. The van der Waals surface area contributed by atoms with Gasteiger partial charge in [-0.1, -0.05) is 6.92 Å². The molecule has 2 aromatic heterocycles. The second kappa shape index (κ2) is 6.02. The number of fused-ring (bicyclic) bond motifs is 1. The average molecular weight is 280 g/mol. The van der Waals surface area contributed by atoms with Gasteiger partial charge in [0.2, 0.25) is 5.95 Å². The minimum atomic E-state index is -0.817. The molecule has 2 rings (SSSR count). The topological polar surface area (TPSA) is 119 Å². The highest BCUT2D eigenvalue weighted by Gasteiger charge is 2.28. The lowest BCUT2D eigenvalue weighted by Crippen LogP contribution is -2.45. The number of aromatic nitrogens is 4. The zero-order chi connectivity index (χ0) is 14.6. The van der Waals surface area contributed by atoms with Crippen LogP contribution in [0.4, 0.5) is 11.8 Å². The van der Waals surface area contributed by atoms with E-state index in [1.54, 1.807) is 6.20 Å². The highest BCUT2D eigenvalue weighted by molar-refractivity contribution is 5.87. The fourth-order valence-electron chi connectivity index (χ4n) is 1.86. The van der Waals surface area contributed by atoms with E-state index in [-0.39, 0.29) is 13.2 Å². The molecule has 110 valence electrons. The van der Waals surface area contributed by atoms with Crippen molar-refractivity contribution in [1.29, 1.82) is 0 Å². The minimum Gasteiger partial charge on any atom is -0.394 e. The quantitative estimate of drug-likeness (QED) is 0.496. The van der Waals surface area contributed by atoms with Gasteiger partial charge in [-0.05, 0) is 13.3 Å². The Bertz CT molecular complexity index is 558. The maximum absolute atomic E-state index is 9.53. The molecule has 0 atom stereocenters. The lowest BCUT2D eigenvalue weighted by atomic mass is 9.98. The summed E-state index contributed by atoms with van der Waals surface area (Å²) in [6, 6.07) is 0. The Morgan fingerprint density at radius 2 is 2.00 bits per heavy atom. The predicted molar refractivity (Wildman–Crippen MR) is 76.7 cm³/mol. The van der Waals surface area contributed by atoms with Crippen molar-refractivity contribution >= 4 is 22.8 Å². The molecule has 0 aromatic carbocycles. The van der Waals surface area contributed by atoms with Crippen LogP contribution in [0.25, 0.3) is 11.0 Å². The van der Waals surface area contributed by atoms with Crippen LogP contribution in [0.1, 0.15) is 20.3 Å². The standard InChI is InChI=1S/C12H20N6O2/c1-3-12(6-19,7-20)17-9-8-5-14-18-10(8)16-11(15-9)13-4-2/h5,19-20H,3-4,6-7H2,1-2H3,(H3,13,14,15,16,17,18). The summed E-state index contributed by atoms with van der Waals surface area (Å²) in [5, 5.41) is 32.7. The van der Waals surface area contributed by atoms with Gasteiger partial charge in [-0.25, -0.2) is 0 Å². The van der Waals surface area contributed by atoms with Gasteiger partial charge in [0, 0.05) is 6.54 Å². The fourth-order valence-corrected chi connectivity index (χ4v) is 1.86. The summed E-state index contributed by atoms with van der Waals surface area (Å²) in [6.07, 6.45) is 2.17. The lowest BCUT2D eigenvalue weighted by molar-refractivity contribution is 0.132. The van der Waals surface area contributed by atoms with Gasteiger partial charge in [0.05, 0.1) is 30.3 Å². The molecule has 0 radical (unpaired) electrons. The highest BCUT2D eigenvalue weighted by Crippen LogP contribution is 2.24. The third-order valence-electron chi connectivity index (χ3n) is 3.31. The summed E-state index contributed by atoms with van der Waals surface area (Å²) in [6.45, 7) is 4.14. The highest BCUT2D eigenvalue weighted by atomic mass is 16.3. The molecular formula is C12H20N6O2. The van der Waals surface area contributed by atoms with E-state index in [0.717, 1.165) is 0 Å². The average Bonchev–Trinajstić information content (AvgIpc) is 2.94. The maximum atomic E-state index is 9.53. The van der Waals surface area contributed by atoms with Crippen LogP contribution < -0.4 is 10.6 Å². The number of aromatic amines is 1. The Morgan fingerprint density at radius 3 is 2.60 bits per heavy atom. The molecule has 2 aromatic rings. The van der Waals surface area contributed by atoms with E-state index in [1.807, 2.05) is 13.8 Å². The van der Waals surface area contributed by atoms with E-state index < -0.39 is 5.54 Å². The van der Waals surface area contributed by atoms with Gasteiger partial charge in [0.25, 0.3) is 0 Å². The number of anilines is 2. The van der Waals surface area contributed by atoms with Gasteiger partial charge >= 0.3 is 0 Å². The first-order valence-electron chi connectivity index (χ1n) is 6.63. The lowest BCUT2D eigenvalue weighted by Gasteiger charge is -2.30. The summed E-state index contributed by atoms with van der Waals surface area (Å²) in [4.78, 5) is 8.66. The van der Waals surface area contributed by atoms with E-state index in [9.17, 15) is 10.2 Å². The third-order valence-corrected chi connectivity index (χ3v) is 3.31. The van der Waals surface area contributed by atoms with Gasteiger partial charge in [0.15, 0.2) is 5.65 Å². The van der Waals surface area contributed by atoms with E-state index >= 15 is 0 Å². The largest absolute Gasteiger partial charge is 0.394 e. The second-order valence-electron chi connectivity index (χ2n) is 4.63. The van der Waals surface area contributed by atoms with Gasteiger partial charge in [0.1, 0.15) is 5.82 Å². The number of nitrogens with one attached hydrogen (secondary N) is 3. The molecule has 0 aliphatic carbocycles. The summed E-state index contributed by atoms with van der Waals surface area (Å²) >= 11 is 0. The first-order chi connectivity index (χ1) is 9.68. The summed E-state index contributed by atoms with van der Waals surface area (Å²) in [7, 11) is 0. The molecule has 0 fully saturated rings. The van der Waals surface area contributed by atoms with E-state index in [2.05, 4.69) is 30.8 Å². The van der Waals surface area contributed by atoms with E-state index in [4.69, 9.17) is 0 Å². The van der Waals surface area contributed by atoms with Crippen LogP contribution in [0.15, 0.2) is 6.20 Å². The van der Waals surface area contributed by atoms with Gasteiger partial charge in [-0.2, -0.15) is 15.1 Å². The maximum Gasteiger partial charge on any atom is 0.226 e. The molecule has 2 heterocycles. The van der Waals surface area contributed by atoms with Gasteiger partial charge < -0.3 is 20.8 Å². The molecule has 0 saturated heterocycles. The van der Waals surface area contributed by atoms with Crippen molar-refractivity contribution in [3.63, 3.8) is 0 Å². The van der Waals surface area contributed by atoms with Crippen molar-refractivity contribution in [2.75, 3.05) is 30.4 Å². The Morgan fingerprint density at radius 1 is 1.25 bits per heavy atom. The molecule has 0 spiro atoms. The number of nitrogens with zero attached hydrogens (tertiary/aromatic N) is 3. The number of aliphatic hydroxyl groups is 2. The van der Waals surface area contributed by atoms with Crippen molar-refractivity contribution in [3.8, 4) is 0 Å². The first-order valence-corrected chi connectivity index (χ1v) is 6.63. The Kier molecular flexibility index (Phi) is 4.35. The number of hydrogen-bond acceptors (Lipinski definition) is 7. The van der Waals surface area contributed by atoms with Crippen LogP contribution >= 0.6 is 0 Å². The molecule has 0 unspecified atom stereocenters. The third kappa shape index (κ3) is 2.66. The molecule has 0 aliphatic heterocycles. The molecule has 8 heteroatoms. The summed E-state index contributed by atoms with van der Waals surface area (Å²) in [5.74, 6) is 0.997. The summed E-state index contributed by atoms with van der Waals surface area (Å²) < 4.78 is 0. The Hall–Kier alpha value is -1.93. The Balaban J connectivity index is 2.43. The molecule has 0 bridgehead atoms. The van der Waals surface area contributed by atoms with Gasteiger partial charge in [-0.3, -0.25) is 5.10 Å². The van der Waals surface area contributed by atoms with Crippen LogP contribution in [0, 0.1) is 0 Å². The molecule has 0 aliphatic rings. The molecule has 20 heavy (non-hydrogen) atoms. The Labute approximate surface area is 116 Å². The van der Waals surface area contributed by atoms with Crippen molar-refractivity contribution in [1.82, 2.24) is 20.2 Å². The number of rotatable bonds is 7. The monoisotopic (exact) mass is 280 g/mol. The zero-order valence-electron chi connectivity index (χ0n) is 11.6. The SMILES string of the molecule is CCNc1nc(NC(CC)(CO)CO)c2cn[nH]c2n1. The summed E-state index contributed by atoms with van der Waals surface area (Å²) in [5.41, 5.74) is -0.221. The van der Waals surface area contributed by atoms with Crippen molar-refractivity contribution in [2.45, 2.75) is 25.8 Å². The molecule has 8 nitrogen and oxygen atoms in total. The van der Waals surface area contributed by atoms with Crippen molar-refractivity contribution in [3.05, 3.63) is 6.20 Å². The van der Waals surface area contributed by atoms with Crippen LogP contribution in [-0.4, -0.2) is 55.7 Å².